The Bertz CT molecular complexity index is 345. The average Bonchev–Trinajstić information content (AvgIpc) is 3.14. The first-order chi connectivity index (χ1) is 12.0. The third kappa shape index (κ3) is 44.8. The summed E-state index contributed by atoms with van der Waals surface area (Å²) in [5.74, 6) is -0.840. The van der Waals surface area contributed by atoms with E-state index in [0.717, 1.165) is 32.1 Å². The van der Waals surface area contributed by atoms with Crippen molar-refractivity contribution in [3.05, 3.63) is 35.8 Å². The Labute approximate surface area is 197 Å². The molecule has 0 fully saturated rings. The maximum Gasteiger partial charge on any atom is 2.00 e. The van der Waals surface area contributed by atoms with Gasteiger partial charge in [-0.15, -0.1) is 6.42 Å². The Hall–Kier alpha value is -0.416. The van der Waals surface area contributed by atoms with Crippen LogP contribution < -0.4 is 24.8 Å². The predicted octanol–water partition coefficient (Wildman–Crippen LogP) is 1.16. The van der Waals surface area contributed by atoms with Crippen LogP contribution in [-0.2, 0) is 28.1 Å². The number of carbonyl (C=O) groups is 2. The Kier molecular flexibility index (Phi) is 46.6. The minimum absolute atomic E-state index is 0. The van der Waals surface area contributed by atoms with Gasteiger partial charge in [-0.1, -0.05) is 65.2 Å². The molecule has 165 valence electrons. The van der Waals surface area contributed by atoms with Gasteiger partial charge >= 0.3 is 18.6 Å². The average molecular weight is 471 g/mol. The van der Waals surface area contributed by atoms with Crippen LogP contribution in [0, 0.1) is 6.08 Å². The Balaban J connectivity index is -0.0000000933. The predicted molar refractivity (Wildman–Crippen MR) is 107 cm³/mol. The van der Waals surface area contributed by atoms with E-state index in [1.807, 2.05) is 12.2 Å². The van der Waals surface area contributed by atoms with Crippen LogP contribution in [-0.4, -0.2) is 11.8 Å². The summed E-state index contributed by atoms with van der Waals surface area (Å²) in [5.41, 5.74) is 13.2. The van der Waals surface area contributed by atoms with Crippen LogP contribution in [0.3, 0.4) is 0 Å². The van der Waals surface area contributed by atoms with Crippen LogP contribution in [0.15, 0.2) is 18.2 Å². The van der Waals surface area contributed by atoms with Gasteiger partial charge < -0.3 is 45.9 Å². The molecule has 1 aliphatic rings. The molecule has 0 aromatic carbocycles. The van der Waals surface area contributed by atoms with Crippen molar-refractivity contribution in [2.45, 2.75) is 97.3 Å². The van der Waals surface area contributed by atoms with Gasteiger partial charge in [-0.2, -0.15) is 6.08 Å². The molecule has 0 aromatic heterocycles. The van der Waals surface area contributed by atoms with E-state index < -0.39 is 11.8 Å². The van der Waals surface area contributed by atoms with Crippen molar-refractivity contribution in [1.82, 2.24) is 0 Å². The molecule has 2 N–H and O–H groups in total. The number of hydrogen-bond acceptors (Lipinski definition) is 2. The van der Waals surface area contributed by atoms with Crippen molar-refractivity contribution in [2.24, 2.45) is 0 Å². The molecule has 0 saturated carbocycles. The number of rotatable bonds is 12. The molecule has 0 saturated heterocycles. The quantitative estimate of drug-likeness (QED) is 0.316. The van der Waals surface area contributed by atoms with Crippen molar-refractivity contribution in [1.29, 1.82) is 0 Å². The van der Waals surface area contributed by atoms with Crippen molar-refractivity contribution in [3.8, 4) is 0 Å². The summed E-state index contributed by atoms with van der Waals surface area (Å²) < 4.78 is 0. The molecule has 0 unspecified atom stereocenters. The summed E-state index contributed by atoms with van der Waals surface area (Å²) >= 11 is 0. The van der Waals surface area contributed by atoms with E-state index in [0.29, 0.717) is 12.8 Å². The second kappa shape index (κ2) is 34.1. The normalized spacial score (nSPS) is 10.1. The summed E-state index contributed by atoms with van der Waals surface area (Å²) in [6.45, 7) is 4.32. The zero-order valence-corrected chi connectivity index (χ0v) is 20.4. The van der Waals surface area contributed by atoms with E-state index in [1.165, 1.54) is 38.5 Å². The second-order valence-electron chi connectivity index (χ2n) is 6.18. The number of halogens is 2. The molecular formula is C21H37Cl2N2O2V-3. The fourth-order valence-corrected chi connectivity index (χ4v) is 2.12. The molecular weight excluding hydrogens is 434 g/mol. The molecule has 0 aromatic rings. The molecule has 0 atom stereocenters. The summed E-state index contributed by atoms with van der Waals surface area (Å²) in [5, 5.41) is 0. The van der Waals surface area contributed by atoms with Crippen LogP contribution >= 0.6 is 0 Å². The smallest absolute Gasteiger partial charge is 1.00 e. The monoisotopic (exact) mass is 470 g/mol. The van der Waals surface area contributed by atoms with Crippen molar-refractivity contribution < 1.29 is 53.0 Å². The van der Waals surface area contributed by atoms with Gasteiger partial charge in [-0.05, 0) is 25.7 Å². The molecule has 2 amide bonds. The minimum Gasteiger partial charge on any atom is -1.00 e. The number of amides is 2. The first kappa shape index (κ1) is 38.2. The Morgan fingerprint density at radius 3 is 1.39 bits per heavy atom. The van der Waals surface area contributed by atoms with E-state index in [2.05, 4.69) is 26.0 Å². The van der Waals surface area contributed by atoms with Crippen LogP contribution in [0.2, 0.25) is 0 Å². The third-order valence-corrected chi connectivity index (χ3v) is 3.60. The van der Waals surface area contributed by atoms with Crippen molar-refractivity contribution in [3.63, 3.8) is 0 Å². The molecule has 0 bridgehead atoms. The number of nitrogens with one attached hydrogen (secondary N) is 2. The van der Waals surface area contributed by atoms with E-state index in [4.69, 9.17) is 11.5 Å². The van der Waals surface area contributed by atoms with Gasteiger partial charge in [0.05, 0.1) is 0 Å². The fraction of sp³-hybridized carbons (Fsp3) is 0.714. The molecule has 7 heteroatoms. The van der Waals surface area contributed by atoms with Gasteiger partial charge in [0.15, 0.2) is 0 Å². The molecule has 0 spiro atoms. The van der Waals surface area contributed by atoms with E-state index in [1.54, 1.807) is 0 Å². The number of hydrogen-bond donors (Lipinski definition) is 0. The van der Waals surface area contributed by atoms with E-state index in [9.17, 15) is 9.59 Å². The summed E-state index contributed by atoms with van der Waals surface area (Å²) in [7, 11) is 0. The zero-order valence-electron chi connectivity index (χ0n) is 17.4. The zero-order chi connectivity index (χ0) is 19.2. The van der Waals surface area contributed by atoms with Crippen molar-refractivity contribution >= 4 is 11.8 Å². The molecule has 1 radical (unpaired) electrons. The summed E-state index contributed by atoms with van der Waals surface area (Å²) in [4.78, 5) is 20.3. The van der Waals surface area contributed by atoms with Gasteiger partial charge in [0.1, 0.15) is 0 Å². The molecule has 0 aliphatic heterocycles. The van der Waals surface area contributed by atoms with Crippen molar-refractivity contribution in [2.75, 3.05) is 0 Å². The van der Waals surface area contributed by atoms with Crippen LogP contribution in [0.4, 0.5) is 0 Å². The van der Waals surface area contributed by atoms with Gasteiger partial charge in [-0.25, -0.2) is 12.2 Å². The fourth-order valence-electron chi connectivity index (χ4n) is 2.12. The van der Waals surface area contributed by atoms with Gasteiger partial charge in [-0.3, -0.25) is 6.08 Å². The minimum atomic E-state index is -0.420. The number of allylic oxidation sites excluding steroid dienone is 4. The van der Waals surface area contributed by atoms with Gasteiger partial charge in [0, 0.05) is 11.8 Å². The van der Waals surface area contributed by atoms with E-state index in [-0.39, 0.29) is 43.4 Å². The molecule has 0 heterocycles. The second-order valence-corrected chi connectivity index (χ2v) is 6.18. The van der Waals surface area contributed by atoms with Crippen LogP contribution in [0.5, 0.6) is 0 Å². The summed E-state index contributed by atoms with van der Waals surface area (Å²) in [6.07, 6.45) is 22.3. The molecule has 1 rings (SSSR count). The van der Waals surface area contributed by atoms with Crippen LogP contribution in [0.1, 0.15) is 97.3 Å². The topological polar surface area (TPSA) is 81.7 Å². The van der Waals surface area contributed by atoms with Gasteiger partial charge in [0.2, 0.25) is 0 Å². The number of unbranched alkanes of at least 4 members (excludes halogenated alkanes) is 8. The molecule has 28 heavy (non-hydrogen) atoms. The van der Waals surface area contributed by atoms with Crippen LogP contribution in [0.25, 0.3) is 11.5 Å². The first-order valence-corrected chi connectivity index (χ1v) is 9.75. The Morgan fingerprint density at radius 1 is 0.786 bits per heavy atom. The Morgan fingerprint density at radius 2 is 1.18 bits per heavy atom. The molecule has 4 nitrogen and oxygen atoms in total. The van der Waals surface area contributed by atoms with E-state index >= 15 is 0 Å². The SMILES string of the molecule is CCCCCCCC([NH-])=O.CCCCCCCC([NH-])=O.[C-]1=CC=CC1.[Cl-].[Cl-].[V+2]. The molecule has 1 aliphatic carbocycles. The summed E-state index contributed by atoms with van der Waals surface area (Å²) in [6, 6.07) is 0. The largest absolute Gasteiger partial charge is 2.00 e. The third-order valence-electron chi connectivity index (χ3n) is 3.60. The maximum absolute atomic E-state index is 10.1. The number of carbonyl (C=O) groups excluding carboxylic acids is 2. The maximum atomic E-state index is 10.1. The first-order valence-electron chi connectivity index (χ1n) is 9.75. The standard InChI is InChI=1S/2C8H17NO.C5H5.2ClH.V/c2*1-2-3-4-5-6-7-8(9)10;1-2-4-5-3-1;;;/h2*2-7H2,1H3,(H2,9,10);1-3H,4H2;2*1H;/q;;-1;;;+2/p-4. The van der Waals surface area contributed by atoms with Gasteiger partial charge in [0.25, 0.3) is 0 Å².